The molecule has 1 aromatic heterocycles. The summed E-state index contributed by atoms with van der Waals surface area (Å²) in [5, 5.41) is 7.64. The molecule has 1 atom stereocenters. The number of rotatable bonds is 2. The van der Waals surface area contributed by atoms with Crippen LogP contribution in [0.25, 0.3) is 0 Å². The summed E-state index contributed by atoms with van der Waals surface area (Å²) in [6.45, 7) is 9.96. The lowest BCUT2D eigenvalue weighted by molar-refractivity contribution is 0.0933. The van der Waals surface area contributed by atoms with Gasteiger partial charge in [-0.2, -0.15) is 5.10 Å². The first-order chi connectivity index (χ1) is 11.7. The van der Waals surface area contributed by atoms with Gasteiger partial charge in [-0.05, 0) is 52.7 Å². The minimum Gasteiger partial charge on any atom is -0.345 e. The molecular formula is C19H24FN3OS. The normalized spacial score (nSPS) is 17.3. The van der Waals surface area contributed by atoms with Crippen LogP contribution in [0, 0.1) is 19.7 Å². The molecule has 0 saturated carbocycles. The Morgan fingerprint density at radius 1 is 1.36 bits per heavy atom. The highest BCUT2D eigenvalue weighted by Crippen LogP contribution is 2.38. The maximum atomic E-state index is 14.0. The van der Waals surface area contributed by atoms with Gasteiger partial charge in [0, 0.05) is 16.3 Å². The van der Waals surface area contributed by atoms with Gasteiger partial charge in [0.2, 0.25) is 0 Å². The van der Waals surface area contributed by atoms with Crippen molar-refractivity contribution in [2.24, 2.45) is 0 Å². The predicted octanol–water partition coefficient (Wildman–Crippen LogP) is 4.36. The van der Waals surface area contributed by atoms with Gasteiger partial charge in [0.15, 0.2) is 0 Å². The third-order valence-corrected chi connectivity index (χ3v) is 5.64. The number of thioether (sulfide) groups is 1. The highest BCUT2D eigenvalue weighted by atomic mass is 32.2. The first-order valence-corrected chi connectivity index (χ1v) is 9.47. The molecule has 25 heavy (non-hydrogen) atoms. The summed E-state index contributed by atoms with van der Waals surface area (Å²) in [5.74, 6) is 0.435. The van der Waals surface area contributed by atoms with Crippen LogP contribution in [0.4, 0.5) is 4.39 Å². The van der Waals surface area contributed by atoms with Gasteiger partial charge in [-0.1, -0.05) is 12.1 Å². The van der Waals surface area contributed by atoms with Gasteiger partial charge >= 0.3 is 0 Å². The SMILES string of the molecule is Cc1nn(C(C)(C)C)c(C)c1C(=O)NC1CCSc2c(F)cccc21. The molecule has 0 aliphatic carbocycles. The number of nitrogens with one attached hydrogen (secondary N) is 1. The number of aromatic nitrogens is 2. The zero-order valence-electron chi connectivity index (χ0n) is 15.3. The summed E-state index contributed by atoms with van der Waals surface area (Å²) in [4.78, 5) is 13.6. The molecule has 0 spiro atoms. The van der Waals surface area contributed by atoms with Crippen molar-refractivity contribution in [3.63, 3.8) is 0 Å². The Hall–Kier alpha value is -1.82. The molecule has 134 valence electrons. The van der Waals surface area contributed by atoms with E-state index in [1.54, 1.807) is 6.07 Å². The third-order valence-electron chi connectivity index (χ3n) is 4.48. The Labute approximate surface area is 152 Å². The predicted molar refractivity (Wildman–Crippen MR) is 98.6 cm³/mol. The summed E-state index contributed by atoms with van der Waals surface area (Å²) in [6.07, 6.45) is 0.790. The van der Waals surface area contributed by atoms with E-state index in [9.17, 15) is 9.18 Å². The lowest BCUT2D eigenvalue weighted by atomic mass is 10.0. The zero-order valence-corrected chi connectivity index (χ0v) is 16.1. The topological polar surface area (TPSA) is 46.9 Å². The second-order valence-corrected chi connectivity index (χ2v) is 8.55. The first-order valence-electron chi connectivity index (χ1n) is 8.49. The number of carbonyl (C=O) groups is 1. The molecule has 1 aromatic carbocycles. The second-order valence-electron chi connectivity index (χ2n) is 7.45. The number of aryl methyl sites for hydroxylation is 1. The van der Waals surface area contributed by atoms with Crippen molar-refractivity contribution in [3.05, 3.63) is 46.5 Å². The van der Waals surface area contributed by atoms with Crippen LogP contribution in [0.5, 0.6) is 0 Å². The Balaban J connectivity index is 1.90. The summed E-state index contributed by atoms with van der Waals surface area (Å²) >= 11 is 1.51. The lowest BCUT2D eigenvalue weighted by Gasteiger charge is -2.26. The van der Waals surface area contributed by atoms with Crippen LogP contribution in [-0.4, -0.2) is 21.4 Å². The number of fused-ring (bicyclic) bond motifs is 1. The van der Waals surface area contributed by atoms with Crippen molar-refractivity contribution in [1.82, 2.24) is 15.1 Å². The molecule has 1 N–H and O–H groups in total. The van der Waals surface area contributed by atoms with Gasteiger partial charge in [0.05, 0.1) is 22.8 Å². The highest BCUT2D eigenvalue weighted by molar-refractivity contribution is 7.99. The number of nitrogens with zero attached hydrogens (tertiary/aromatic N) is 2. The fourth-order valence-electron chi connectivity index (χ4n) is 3.39. The molecule has 0 fully saturated rings. The standard InChI is InChI=1S/C19H24FN3OS/c1-11-16(12(2)23(22-11)19(3,4)5)18(24)21-15-9-10-25-17-13(15)7-6-8-14(17)20/h6-8,15H,9-10H2,1-5H3,(H,21,24). The molecule has 2 aromatic rings. The Kier molecular flexibility index (Phi) is 4.66. The molecule has 6 heteroatoms. The monoisotopic (exact) mass is 361 g/mol. The van der Waals surface area contributed by atoms with Gasteiger partial charge in [-0.15, -0.1) is 11.8 Å². The van der Waals surface area contributed by atoms with E-state index in [-0.39, 0.29) is 23.3 Å². The molecule has 1 unspecified atom stereocenters. The molecule has 1 aliphatic rings. The smallest absolute Gasteiger partial charge is 0.255 e. The molecule has 0 bridgehead atoms. The average Bonchev–Trinajstić information content (AvgIpc) is 2.83. The minimum atomic E-state index is -0.214. The van der Waals surface area contributed by atoms with E-state index in [4.69, 9.17) is 0 Å². The van der Waals surface area contributed by atoms with Crippen LogP contribution in [-0.2, 0) is 5.54 Å². The van der Waals surface area contributed by atoms with Gasteiger partial charge in [0.25, 0.3) is 5.91 Å². The molecule has 4 nitrogen and oxygen atoms in total. The molecule has 0 saturated heterocycles. The number of hydrogen-bond donors (Lipinski definition) is 1. The third kappa shape index (κ3) is 3.32. The number of amides is 1. The van der Waals surface area contributed by atoms with Gasteiger partial charge in [-0.25, -0.2) is 4.39 Å². The minimum absolute atomic E-state index is 0.141. The number of benzene rings is 1. The van der Waals surface area contributed by atoms with Crippen molar-refractivity contribution < 1.29 is 9.18 Å². The summed E-state index contributed by atoms with van der Waals surface area (Å²) in [5.41, 5.74) is 2.86. The van der Waals surface area contributed by atoms with Crippen molar-refractivity contribution >= 4 is 17.7 Å². The highest BCUT2D eigenvalue weighted by Gasteiger charge is 2.28. The molecule has 1 aliphatic heterocycles. The van der Waals surface area contributed by atoms with Gasteiger partial charge in [-0.3, -0.25) is 9.48 Å². The van der Waals surface area contributed by atoms with E-state index in [0.717, 1.165) is 29.1 Å². The van der Waals surface area contributed by atoms with Crippen molar-refractivity contribution in [2.75, 3.05) is 5.75 Å². The Bertz CT molecular complexity index is 823. The Morgan fingerprint density at radius 3 is 2.72 bits per heavy atom. The van der Waals surface area contributed by atoms with E-state index in [1.165, 1.54) is 17.8 Å². The maximum Gasteiger partial charge on any atom is 0.255 e. The van der Waals surface area contributed by atoms with Gasteiger partial charge < -0.3 is 5.32 Å². The molecule has 2 heterocycles. The van der Waals surface area contributed by atoms with Crippen molar-refractivity contribution in [2.45, 2.75) is 57.5 Å². The van der Waals surface area contributed by atoms with Crippen molar-refractivity contribution in [1.29, 1.82) is 0 Å². The van der Waals surface area contributed by atoms with E-state index < -0.39 is 0 Å². The fraction of sp³-hybridized carbons (Fsp3) is 0.474. The summed E-state index contributed by atoms with van der Waals surface area (Å²) in [7, 11) is 0. The van der Waals surface area contributed by atoms with Crippen LogP contribution < -0.4 is 5.32 Å². The molecular weight excluding hydrogens is 337 g/mol. The quantitative estimate of drug-likeness (QED) is 0.864. The van der Waals surface area contributed by atoms with Crippen LogP contribution in [0.2, 0.25) is 0 Å². The van der Waals surface area contributed by atoms with Crippen LogP contribution in [0.1, 0.15) is 60.5 Å². The van der Waals surface area contributed by atoms with E-state index in [1.807, 2.05) is 24.6 Å². The van der Waals surface area contributed by atoms with E-state index >= 15 is 0 Å². The lowest BCUT2D eigenvalue weighted by Crippen LogP contribution is -2.32. The average molecular weight is 361 g/mol. The number of hydrogen-bond acceptors (Lipinski definition) is 3. The second kappa shape index (κ2) is 6.48. The number of carbonyl (C=O) groups excluding carboxylic acids is 1. The fourth-order valence-corrected chi connectivity index (χ4v) is 4.53. The van der Waals surface area contributed by atoms with Crippen LogP contribution >= 0.6 is 11.8 Å². The largest absolute Gasteiger partial charge is 0.345 e. The molecule has 0 radical (unpaired) electrons. The summed E-state index contributed by atoms with van der Waals surface area (Å²) < 4.78 is 15.9. The van der Waals surface area contributed by atoms with E-state index in [0.29, 0.717) is 10.5 Å². The molecule has 3 rings (SSSR count). The zero-order chi connectivity index (χ0) is 18.4. The maximum absolute atomic E-state index is 14.0. The summed E-state index contributed by atoms with van der Waals surface area (Å²) in [6, 6.07) is 4.90. The number of halogens is 1. The van der Waals surface area contributed by atoms with Crippen molar-refractivity contribution in [3.8, 4) is 0 Å². The van der Waals surface area contributed by atoms with Gasteiger partial charge in [0.1, 0.15) is 5.82 Å². The first kappa shape index (κ1) is 18.0. The Morgan fingerprint density at radius 2 is 2.08 bits per heavy atom. The molecule has 1 amide bonds. The van der Waals surface area contributed by atoms with Crippen LogP contribution in [0.3, 0.4) is 0 Å². The van der Waals surface area contributed by atoms with E-state index in [2.05, 4.69) is 31.2 Å². The van der Waals surface area contributed by atoms with Crippen LogP contribution in [0.15, 0.2) is 23.1 Å².